The second kappa shape index (κ2) is 4.06. The van der Waals surface area contributed by atoms with Gasteiger partial charge in [-0.3, -0.25) is 0 Å². The maximum absolute atomic E-state index is 9.61. The number of aryl methyl sites for hydroxylation is 1. The van der Waals surface area contributed by atoms with Gasteiger partial charge in [0.2, 0.25) is 6.54 Å². The molecule has 68 valence electrons. The molecule has 13 heavy (non-hydrogen) atoms. The zero-order chi connectivity index (χ0) is 9.84. The molecule has 0 fully saturated rings. The normalized spacial score (nSPS) is 12.2. The zero-order valence-electron chi connectivity index (χ0n) is 7.91. The number of hydrogen-bond acceptors (Lipinski definition) is 1. The molecule has 1 aromatic carbocycles. The van der Waals surface area contributed by atoms with Gasteiger partial charge < -0.3 is 9.95 Å². The highest BCUT2D eigenvalue weighted by atomic mass is 16.3. The molecule has 0 amide bonds. The number of nitrogens with zero attached hydrogens (tertiary/aromatic N) is 1. The summed E-state index contributed by atoms with van der Waals surface area (Å²) in [6.07, 6.45) is -0.641. The summed E-state index contributed by atoms with van der Waals surface area (Å²) >= 11 is 0. The fourth-order valence-electron chi connectivity index (χ4n) is 1.32. The largest absolute Gasteiger partial charge is 0.381 e. The second-order valence-corrected chi connectivity index (χ2v) is 3.15. The Balaban J connectivity index is 3.02. The fraction of sp³-hybridized carbons (Fsp3) is 0.364. The number of hydrogen-bond donors (Lipinski definition) is 1. The smallest absolute Gasteiger partial charge is 0.244 e. The van der Waals surface area contributed by atoms with Crippen molar-refractivity contribution in [3.05, 3.63) is 46.3 Å². The molecule has 0 aliphatic heterocycles. The summed E-state index contributed by atoms with van der Waals surface area (Å²) in [6.45, 7) is 10.8. The monoisotopic (exact) mass is 175 g/mol. The Labute approximate surface area is 78.7 Å². The molecule has 0 spiro atoms. The van der Waals surface area contributed by atoms with Crippen molar-refractivity contribution in [2.75, 3.05) is 6.54 Å². The standard InChI is InChI=1S/C11H13NO/c1-8-5-4-6-10(9(8)2)11(13)7-12-3/h4-6,11,13H,7H2,1-2H3. The predicted octanol–water partition coefficient (Wildman–Crippen LogP) is 2.26. The van der Waals surface area contributed by atoms with Crippen molar-refractivity contribution in [1.82, 2.24) is 0 Å². The van der Waals surface area contributed by atoms with Gasteiger partial charge in [-0.2, -0.15) is 0 Å². The molecule has 0 radical (unpaired) electrons. The lowest BCUT2D eigenvalue weighted by atomic mass is 9.99. The third kappa shape index (κ3) is 2.07. The van der Waals surface area contributed by atoms with E-state index in [0.29, 0.717) is 0 Å². The molecule has 0 bridgehead atoms. The molecule has 0 aliphatic carbocycles. The quantitative estimate of drug-likeness (QED) is 0.685. The van der Waals surface area contributed by atoms with Crippen LogP contribution in [0, 0.1) is 20.4 Å². The molecule has 0 saturated heterocycles. The zero-order valence-corrected chi connectivity index (χ0v) is 7.91. The Morgan fingerprint density at radius 2 is 2.15 bits per heavy atom. The summed E-state index contributed by atoms with van der Waals surface area (Å²) in [7, 11) is 0. The van der Waals surface area contributed by atoms with Gasteiger partial charge in [0.25, 0.3) is 0 Å². The van der Waals surface area contributed by atoms with Gasteiger partial charge in [0.1, 0.15) is 0 Å². The van der Waals surface area contributed by atoms with E-state index in [2.05, 4.69) is 4.85 Å². The maximum Gasteiger partial charge on any atom is 0.244 e. The van der Waals surface area contributed by atoms with Crippen LogP contribution in [0.2, 0.25) is 0 Å². The van der Waals surface area contributed by atoms with Gasteiger partial charge in [-0.25, -0.2) is 6.57 Å². The Kier molecular flexibility index (Phi) is 3.05. The van der Waals surface area contributed by atoms with Crippen LogP contribution in [0.25, 0.3) is 4.85 Å². The van der Waals surface area contributed by atoms with Crippen LogP contribution in [-0.4, -0.2) is 11.7 Å². The Morgan fingerprint density at radius 1 is 1.46 bits per heavy atom. The van der Waals surface area contributed by atoms with E-state index in [1.165, 1.54) is 0 Å². The van der Waals surface area contributed by atoms with E-state index in [1.807, 2.05) is 32.0 Å². The highest BCUT2D eigenvalue weighted by Gasteiger charge is 2.12. The van der Waals surface area contributed by atoms with Gasteiger partial charge in [-0.05, 0) is 30.5 Å². The van der Waals surface area contributed by atoms with Crippen LogP contribution in [0.5, 0.6) is 0 Å². The number of aliphatic hydroxyl groups excluding tert-OH is 1. The Hall–Kier alpha value is -1.33. The number of benzene rings is 1. The van der Waals surface area contributed by atoms with Crippen molar-refractivity contribution in [3.63, 3.8) is 0 Å². The van der Waals surface area contributed by atoms with Crippen LogP contribution < -0.4 is 0 Å². The minimum absolute atomic E-state index is 0.143. The lowest BCUT2D eigenvalue weighted by Gasteiger charge is -2.10. The number of aliphatic hydroxyl groups is 1. The Morgan fingerprint density at radius 3 is 2.77 bits per heavy atom. The molecular formula is C11H13NO. The van der Waals surface area contributed by atoms with E-state index < -0.39 is 6.10 Å². The molecule has 0 heterocycles. The van der Waals surface area contributed by atoms with E-state index in [4.69, 9.17) is 6.57 Å². The third-order valence-corrected chi connectivity index (χ3v) is 2.27. The van der Waals surface area contributed by atoms with Gasteiger partial charge in [0.05, 0.1) is 0 Å². The average molecular weight is 175 g/mol. The van der Waals surface area contributed by atoms with Crippen molar-refractivity contribution in [2.45, 2.75) is 20.0 Å². The molecule has 1 unspecified atom stereocenters. The maximum atomic E-state index is 9.61. The first-order valence-corrected chi connectivity index (χ1v) is 4.24. The summed E-state index contributed by atoms with van der Waals surface area (Å²) in [5.74, 6) is 0. The minimum atomic E-state index is -0.641. The van der Waals surface area contributed by atoms with E-state index in [1.54, 1.807) is 0 Å². The molecular weight excluding hydrogens is 162 g/mol. The van der Waals surface area contributed by atoms with Gasteiger partial charge in [0, 0.05) is 0 Å². The van der Waals surface area contributed by atoms with E-state index in [9.17, 15) is 5.11 Å². The first kappa shape index (κ1) is 9.76. The molecule has 1 atom stereocenters. The Bertz CT molecular complexity index is 338. The van der Waals surface area contributed by atoms with Crippen LogP contribution >= 0.6 is 0 Å². The second-order valence-electron chi connectivity index (χ2n) is 3.15. The molecule has 1 rings (SSSR count). The van der Waals surface area contributed by atoms with Crippen molar-refractivity contribution in [3.8, 4) is 0 Å². The SMILES string of the molecule is [C-]#[N+]CC(O)c1cccc(C)c1C. The van der Waals surface area contributed by atoms with Gasteiger partial charge in [-0.15, -0.1) is 0 Å². The molecule has 1 aromatic rings. The van der Waals surface area contributed by atoms with E-state index in [-0.39, 0.29) is 6.54 Å². The molecule has 0 aromatic heterocycles. The van der Waals surface area contributed by atoms with Crippen LogP contribution in [0.1, 0.15) is 22.8 Å². The summed E-state index contributed by atoms with van der Waals surface area (Å²) in [6, 6.07) is 5.78. The first-order chi connectivity index (χ1) is 6.16. The highest BCUT2D eigenvalue weighted by Crippen LogP contribution is 2.20. The number of rotatable bonds is 2. The van der Waals surface area contributed by atoms with Gasteiger partial charge >= 0.3 is 0 Å². The van der Waals surface area contributed by atoms with Crippen molar-refractivity contribution >= 4 is 0 Å². The molecule has 2 heteroatoms. The van der Waals surface area contributed by atoms with Crippen LogP contribution in [0.15, 0.2) is 18.2 Å². The highest BCUT2D eigenvalue weighted by molar-refractivity contribution is 5.34. The fourth-order valence-corrected chi connectivity index (χ4v) is 1.32. The topological polar surface area (TPSA) is 24.6 Å². The third-order valence-electron chi connectivity index (χ3n) is 2.27. The molecule has 0 saturated carbocycles. The molecule has 2 nitrogen and oxygen atoms in total. The minimum Gasteiger partial charge on any atom is -0.381 e. The van der Waals surface area contributed by atoms with Crippen LogP contribution in [0.4, 0.5) is 0 Å². The predicted molar refractivity (Wildman–Crippen MR) is 52.3 cm³/mol. The lowest BCUT2D eigenvalue weighted by molar-refractivity contribution is 0.194. The van der Waals surface area contributed by atoms with Gasteiger partial charge in [-0.1, -0.05) is 18.2 Å². The lowest BCUT2D eigenvalue weighted by Crippen LogP contribution is -2.03. The summed E-state index contributed by atoms with van der Waals surface area (Å²) in [4.78, 5) is 3.18. The van der Waals surface area contributed by atoms with Crippen LogP contribution in [0.3, 0.4) is 0 Å². The van der Waals surface area contributed by atoms with E-state index >= 15 is 0 Å². The van der Waals surface area contributed by atoms with E-state index in [0.717, 1.165) is 16.7 Å². The van der Waals surface area contributed by atoms with Gasteiger partial charge in [0.15, 0.2) is 6.10 Å². The van der Waals surface area contributed by atoms with Crippen molar-refractivity contribution < 1.29 is 5.11 Å². The molecule has 1 N–H and O–H groups in total. The summed E-state index contributed by atoms with van der Waals surface area (Å²) < 4.78 is 0. The van der Waals surface area contributed by atoms with Crippen molar-refractivity contribution in [1.29, 1.82) is 0 Å². The molecule has 0 aliphatic rings. The van der Waals surface area contributed by atoms with Crippen molar-refractivity contribution in [2.24, 2.45) is 0 Å². The first-order valence-electron chi connectivity index (χ1n) is 4.24. The summed E-state index contributed by atoms with van der Waals surface area (Å²) in [5, 5.41) is 9.61. The average Bonchev–Trinajstić information content (AvgIpc) is 2.10. The van der Waals surface area contributed by atoms with Crippen LogP contribution in [-0.2, 0) is 0 Å². The summed E-state index contributed by atoms with van der Waals surface area (Å²) in [5.41, 5.74) is 3.11.